The van der Waals surface area contributed by atoms with Crippen molar-refractivity contribution in [3.8, 4) is 0 Å². The summed E-state index contributed by atoms with van der Waals surface area (Å²) < 4.78 is 77.4. The Labute approximate surface area is 141 Å². The predicted octanol–water partition coefficient (Wildman–Crippen LogP) is 5.48. The minimum Gasteiger partial charge on any atom is -0.349 e. The van der Waals surface area contributed by atoms with Crippen LogP contribution in [0.1, 0.15) is 61.8 Å². The van der Waals surface area contributed by atoms with Crippen LogP contribution in [-0.4, -0.2) is 5.91 Å². The fourth-order valence-corrected chi connectivity index (χ4v) is 3.01. The average Bonchev–Trinajstić information content (AvgIpc) is 2.53. The van der Waals surface area contributed by atoms with Gasteiger partial charge in [-0.2, -0.15) is 26.3 Å². The monoisotopic (exact) mass is 367 g/mol. The zero-order chi connectivity index (χ0) is 18.8. The van der Waals surface area contributed by atoms with Crippen LogP contribution in [0, 0.1) is 5.92 Å². The number of hydrogen-bond donors (Lipinski definition) is 1. The molecule has 140 valence electrons. The number of amides is 1. The molecule has 1 atom stereocenters. The molecule has 1 amide bonds. The van der Waals surface area contributed by atoms with E-state index in [9.17, 15) is 31.1 Å². The van der Waals surface area contributed by atoms with Gasteiger partial charge in [0.05, 0.1) is 17.2 Å². The topological polar surface area (TPSA) is 29.1 Å². The Hall–Kier alpha value is -1.73. The Morgan fingerprint density at radius 1 is 0.960 bits per heavy atom. The lowest BCUT2D eigenvalue weighted by Gasteiger charge is -2.24. The van der Waals surface area contributed by atoms with E-state index in [1.807, 2.05) is 0 Å². The molecule has 1 fully saturated rings. The number of halogens is 6. The molecule has 1 aliphatic carbocycles. The average molecular weight is 367 g/mol. The summed E-state index contributed by atoms with van der Waals surface area (Å²) in [4.78, 5) is 12.2. The van der Waals surface area contributed by atoms with Gasteiger partial charge in [0.15, 0.2) is 0 Å². The third-order valence-corrected chi connectivity index (χ3v) is 4.44. The zero-order valence-electron chi connectivity index (χ0n) is 13.6. The molecule has 1 aromatic carbocycles. The number of carbonyl (C=O) groups is 1. The van der Waals surface area contributed by atoms with Gasteiger partial charge < -0.3 is 5.32 Å². The van der Waals surface area contributed by atoms with E-state index < -0.39 is 29.5 Å². The van der Waals surface area contributed by atoms with Crippen molar-refractivity contribution in [2.24, 2.45) is 5.92 Å². The molecule has 8 heteroatoms. The van der Waals surface area contributed by atoms with E-state index in [1.54, 1.807) is 0 Å². The van der Waals surface area contributed by atoms with Crippen LogP contribution < -0.4 is 5.32 Å². The quantitative estimate of drug-likeness (QED) is 0.704. The van der Waals surface area contributed by atoms with Crippen LogP contribution >= 0.6 is 0 Å². The van der Waals surface area contributed by atoms with Crippen LogP contribution in [0.15, 0.2) is 18.2 Å². The van der Waals surface area contributed by atoms with E-state index in [4.69, 9.17) is 0 Å². The first-order valence-electron chi connectivity index (χ1n) is 8.08. The van der Waals surface area contributed by atoms with E-state index in [1.165, 1.54) is 6.92 Å². The second kappa shape index (κ2) is 7.25. The molecular formula is C17H19F6NO. The van der Waals surface area contributed by atoms with Crippen LogP contribution in [0.25, 0.3) is 0 Å². The maximum atomic E-state index is 12.9. The van der Waals surface area contributed by atoms with Crippen molar-refractivity contribution in [1.82, 2.24) is 5.32 Å². The molecule has 2 rings (SSSR count). The fourth-order valence-electron chi connectivity index (χ4n) is 3.01. The van der Waals surface area contributed by atoms with Crippen LogP contribution in [0.3, 0.4) is 0 Å². The Kier molecular flexibility index (Phi) is 5.68. The fraction of sp³-hybridized carbons (Fsp3) is 0.588. The Bertz CT molecular complexity index is 584. The Balaban J connectivity index is 2.25. The van der Waals surface area contributed by atoms with Crippen molar-refractivity contribution in [3.63, 3.8) is 0 Å². The normalized spacial score (nSPS) is 18.0. The summed E-state index contributed by atoms with van der Waals surface area (Å²) in [5.41, 5.74) is -2.97. The summed E-state index contributed by atoms with van der Waals surface area (Å²) in [5.74, 6) is -0.553. The van der Waals surface area contributed by atoms with Crippen LogP contribution in [0.2, 0.25) is 0 Å². The lowest BCUT2D eigenvalue weighted by Crippen LogP contribution is -2.34. The molecule has 0 bridgehead atoms. The van der Waals surface area contributed by atoms with Crippen molar-refractivity contribution < 1.29 is 31.1 Å². The van der Waals surface area contributed by atoms with E-state index in [0.29, 0.717) is 25.0 Å². The van der Waals surface area contributed by atoms with Crippen molar-refractivity contribution in [1.29, 1.82) is 0 Å². The number of carbonyl (C=O) groups excluding carboxylic acids is 1. The van der Waals surface area contributed by atoms with Gasteiger partial charge in [0.2, 0.25) is 5.91 Å². The standard InChI is InChI=1S/C17H19F6NO/c1-10(24-15(25)11-5-3-2-4-6-11)12-7-13(16(18,19)20)9-14(8-12)17(21,22)23/h7-11H,2-6H2,1H3,(H,24,25). The van der Waals surface area contributed by atoms with E-state index in [-0.39, 0.29) is 23.5 Å². The molecule has 0 heterocycles. The van der Waals surface area contributed by atoms with Gasteiger partial charge in [-0.1, -0.05) is 19.3 Å². The number of alkyl halides is 6. The molecular weight excluding hydrogens is 348 g/mol. The third kappa shape index (κ3) is 5.12. The van der Waals surface area contributed by atoms with Gasteiger partial charge in [0.1, 0.15) is 0 Å². The van der Waals surface area contributed by atoms with E-state index in [2.05, 4.69) is 5.32 Å². The molecule has 25 heavy (non-hydrogen) atoms. The number of hydrogen-bond acceptors (Lipinski definition) is 1. The summed E-state index contributed by atoms with van der Waals surface area (Å²) >= 11 is 0. The molecule has 0 spiro atoms. The van der Waals surface area contributed by atoms with Gasteiger partial charge in [-0.3, -0.25) is 4.79 Å². The van der Waals surface area contributed by atoms with Gasteiger partial charge in [-0.05, 0) is 43.5 Å². The number of nitrogens with one attached hydrogen (secondary N) is 1. The largest absolute Gasteiger partial charge is 0.416 e. The molecule has 1 N–H and O–H groups in total. The molecule has 1 unspecified atom stereocenters. The Morgan fingerprint density at radius 3 is 1.88 bits per heavy atom. The summed E-state index contributed by atoms with van der Waals surface area (Å²) in [6.07, 6.45) is -5.60. The number of benzene rings is 1. The lowest BCUT2D eigenvalue weighted by atomic mass is 9.88. The van der Waals surface area contributed by atoms with Crippen molar-refractivity contribution in [2.45, 2.75) is 57.4 Å². The van der Waals surface area contributed by atoms with Gasteiger partial charge in [0, 0.05) is 5.92 Å². The highest BCUT2D eigenvalue weighted by molar-refractivity contribution is 5.79. The second-order valence-electron chi connectivity index (χ2n) is 6.40. The van der Waals surface area contributed by atoms with Crippen LogP contribution in [0.5, 0.6) is 0 Å². The Morgan fingerprint density at radius 2 is 1.44 bits per heavy atom. The van der Waals surface area contributed by atoms with Gasteiger partial charge in [0.25, 0.3) is 0 Å². The molecule has 1 saturated carbocycles. The smallest absolute Gasteiger partial charge is 0.349 e. The first kappa shape index (κ1) is 19.6. The van der Waals surface area contributed by atoms with Crippen molar-refractivity contribution in [2.75, 3.05) is 0 Å². The lowest BCUT2D eigenvalue weighted by molar-refractivity contribution is -0.143. The summed E-state index contributed by atoms with van der Waals surface area (Å²) in [7, 11) is 0. The van der Waals surface area contributed by atoms with Gasteiger partial charge in [-0.15, -0.1) is 0 Å². The zero-order valence-corrected chi connectivity index (χ0v) is 13.6. The van der Waals surface area contributed by atoms with Crippen LogP contribution in [0.4, 0.5) is 26.3 Å². The molecule has 0 aromatic heterocycles. The van der Waals surface area contributed by atoms with Crippen molar-refractivity contribution in [3.05, 3.63) is 34.9 Å². The molecule has 0 aliphatic heterocycles. The molecule has 1 aromatic rings. The SMILES string of the molecule is CC(NC(=O)C1CCCCC1)c1cc(C(F)(F)F)cc(C(F)(F)F)c1. The van der Waals surface area contributed by atoms with Gasteiger partial charge in [-0.25, -0.2) is 0 Å². The second-order valence-corrected chi connectivity index (χ2v) is 6.40. The van der Waals surface area contributed by atoms with E-state index in [0.717, 1.165) is 19.3 Å². The summed E-state index contributed by atoms with van der Waals surface area (Å²) in [6, 6.07) is 0.444. The molecule has 2 nitrogen and oxygen atoms in total. The summed E-state index contributed by atoms with van der Waals surface area (Å²) in [6.45, 7) is 1.39. The highest BCUT2D eigenvalue weighted by Gasteiger charge is 2.37. The highest BCUT2D eigenvalue weighted by atomic mass is 19.4. The first-order valence-corrected chi connectivity index (χ1v) is 8.08. The van der Waals surface area contributed by atoms with Gasteiger partial charge >= 0.3 is 12.4 Å². The minimum atomic E-state index is -4.90. The molecule has 0 radical (unpaired) electrons. The van der Waals surface area contributed by atoms with E-state index >= 15 is 0 Å². The maximum absolute atomic E-state index is 12.9. The molecule has 1 aliphatic rings. The molecule has 0 saturated heterocycles. The van der Waals surface area contributed by atoms with Crippen molar-refractivity contribution >= 4 is 5.91 Å². The van der Waals surface area contributed by atoms with Crippen LogP contribution in [-0.2, 0) is 17.1 Å². The predicted molar refractivity (Wildman–Crippen MR) is 79.6 cm³/mol. The highest BCUT2D eigenvalue weighted by Crippen LogP contribution is 2.37. The minimum absolute atomic E-state index is 0.0825. The first-order chi connectivity index (χ1) is 11.5. The maximum Gasteiger partial charge on any atom is 0.416 e. The summed E-state index contributed by atoms with van der Waals surface area (Å²) in [5, 5.41) is 2.55. The number of rotatable bonds is 3. The third-order valence-electron chi connectivity index (χ3n) is 4.44.